The van der Waals surface area contributed by atoms with Crippen molar-refractivity contribution in [3.63, 3.8) is 0 Å². The summed E-state index contributed by atoms with van der Waals surface area (Å²) in [6, 6.07) is 2.39. The Kier molecular flexibility index (Phi) is 4.72. The number of hydrogen-bond acceptors (Lipinski definition) is 5. The van der Waals surface area contributed by atoms with E-state index in [0.29, 0.717) is 0 Å². The Bertz CT molecular complexity index is 509. The molecule has 0 unspecified atom stereocenters. The van der Waals surface area contributed by atoms with Crippen molar-refractivity contribution in [3.8, 4) is 0 Å². The maximum atomic E-state index is 12.0. The number of aromatic nitrogens is 2. The van der Waals surface area contributed by atoms with Gasteiger partial charge in [-0.05, 0) is 30.9 Å². The van der Waals surface area contributed by atoms with Crippen LogP contribution in [0.25, 0.3) is 0 Å². The monoisotopic (exact) mass is 292 g/mol. The quantitative estimate of drug-likeness (QED) is 0.837. The normalized spacial score (nSPS) is 16.0. The van der Waals surface area contributed by atoms with Gasteiger partial charge in [-0.3, -0.25) is 4.79 Å². The van der Waals surface area contributed by atoms with Gasteiger partial charge in [0.1, 0.15) is 6.04 Å². The van der Waals surface area contributed by atoms with Crippen molar-refractivity contribution >= 4 is 17.7 Å². The van der Waals surface area contributed by atoms with Gasteiger partial charge in [0.05, 0.1) is 0 Å². The number of aliphatic carboxylic acids is 1. The highest BCUT2D eigenvalue weighted by atomic mass is 16.4. The molecule has 0 spiro atoms. The number of amides is 1. The Morgan fingerprint density at radius 3 is 2.38 bits per heavy atom. The highest BCUT2D eigenvalue weighted by Crippen LogP contribution is 2.16. The third-order valence-corrected chi connectivity index (χ3v) is 3.53. The Morgan fingerprint density at radius 1 is 1.24 bits per heavy atom. The predicted molar refractivity (Wildman–Crippen MR) is 77.2 cm³/mol. The molecule has 0 aliphatic carbocycles. The molecule has 114 valence electrons. The summed E-state index contributed by atoms with van der Waals surface area (Å²) in [6.07, 6.45) is 2.27. The van der Waals surface area contributed by atoms with Crippen LogP contribution < -0.4 is 10.2 Å². The van der Waals surface area contributed by atoms with Crippen LogP contribution in [0.3, 0.4) is 0 Å². The van der Waals surface area contributed by atoms with Gasteiger partial charge in [-0.1, -0.05) is 13.8 Å². The molecule has 2 rings (SSSR count). The molecule has 0 aromatic carbocycles. The van der Waals surface area contributed by atoms with Gasteiger partial charge in [-0.2, -0.15) is 0 Å². The van der Waals surface area contributed by atoms with Crippen LogP contribution in [-0.4, -0.2) is 46.3 Å². The predicted octanol–water partition coefficient (Wildman–Crippen LogP) is 0.916. The number of nitrogens with one attached hydrogen (secondary N) is 1. The zero-order valence-corrected chi connectivity index (χ0v) is 12.2. The summed E-state index contributed by atoms with van der Waals surface area (Å²) in [5.74, 6) is -1.03. The highest BCUT2D eigenvalue weighted by Gasteiger charge is 2.24. The van der Waals surface area contributed by atoms with Crippen LogP contribution in [0, 0.1) is 5.92 Å². The minimum atomic E-state index is -1.06. The molecule has 7 heteroatoms. The second-order valence-corrected chi connectivity index (χ2v) is 5.50. The van der Waals surface area contributed by atoms with Crippen LogP contribution in [0.1, 0.15) is 37.2 Å². The minimum absolute atomic E-state index is 0.129. The maximum absolute atomic E-state index is 12.0. The molecule has 7 nitrogen and oxygen atoms in total. The first-order valence-electron chi connectivity index (χ1n) is 7.11. The number of carboxylic acids is 1. The van der Waals surface area contributed by atoms with Crippen LogP contribution in [0.4, 0.5) is 5.82 Å². The van der Waals surface area contributed by atoms with E-state index >= 15 is 0 Å². The lowest BCUT2D eigenvalue weighted by Gasteiger charge is -2.18. The summed E-state index contributed by atoms with van der Waals surface area (Å²) in [5.41, 5.74) is 0.129. The van der Waals surface area contributed by atoms with E-state index in [-0.39, 0.29) is 11.6 Å². The lowest BCUT2D eigenvalue weighted by atomic mass is 10.0. The molecule has 1 aromatic rings. The van der Waals surface area contributed by atoms with Crippen molar-refractivity contribution in [2.45, 2.75) is 32.7 Å². The molecule has 21 heavy (non-hydrogen) atoms. The molecule has 1 aromatic heterocycles. The maximum Gasteiger partial charge on any atom is 0.326 e. The summed E-state index contributed by atoms with van der Waals surface area (Å²) in [5, 5.41) is 19.5. The van der Waals surface area contributed by atoms with Crippen LogP contribution in [0.5, 0.6) is 0 Å². The molecule has 1 aliphatic rings. The fraction of sp³-hybridized carbons (Fsp3) is 0.571. The van der Waals surface area contributed by atoms with Crippen LogP contribution in [0.15, 0.2) is 12.1 Å². The molecule has 0 bridgehead atoms. The smallest absolute Gasteiger partial charge is 0.326 e. The average Bonchev–Trinajstić information content (AvgIpc) is 2.98. The SMILES string of the molecule is CC(C)[C@@H](NC(=O)c1ccc(N2CCCC2)nn1)C(=O)O. The van der Waals surface area contributed by atoms with Gasteiger partial charge in [0.15, 0.2) is 11.5 Å². The molecule has 2 N–H and O–H groups in total. The van der Waals surface area contributed by atoms with Crippen molar-refractivity contribution in [1.82, 2.24) is 15.5 Å². The molecule has 2 heterocycles. The molecular formula is C14H20N4O3. The summed E-state index contributed by atoms with van der Waals surface area (Å²) in [6.45, 7) is 5.38. The first-order chi connectivity index (χ1) is 9.99. The summed E-state index contributed by atoms with van der Waals surface area (Å²) in [4.78, 5) is 25.2. The number of carbonyl (C=O) groups is 2. The topological polar surface area (TPSA) is 95.4 Å². The number of nitrogens with zero attached hydrogens (tertiary/aromatic N) is 3. The Balaban J connectivity index is 2.03. The fourth-order valence-corrected chi connectivity index (χ4v) is 2.29. The third-order valence-electron chi connectivity index (χ3n) is 3.53. The van der Waals surface area contributed by atoms with Gasteiger partial charge in [-0.15, -0.1) is 10.2 Å². The molecule has 1 amide bonds. The van der Waals surface area contributed by atoms with Crippen molar-refractivity contribution < 1.29 is 14.7 Å². The molecular weight excluding hydrogens is 272 g/mol. The van der Waals surface area contributed by atoms with E-state index in [9.17, 15) is 9.59 Å². The van der Waals surface area contributed by atoms with Gasteiger partial charge in [0.2, 0.25) is 0 Å². The van der Waals surface area contributed by atoms with E-state index in [2.05, 4.69) is 20.4 Å². The molecule has 1 saturated heterocycles. The zero-order chi connectivity index (χ0) is 15.4. The Hall–Kier alpha value is -2.18. The van der Waals surface area contributed by atoms with E-state index in [4.69, 9.17) is 5.11 Å². The van der Waals surface area contributed by atoms with E-state index in [0.717, 1.165) is 31.7 Å². The number of carbonyl (C=O) groups excluding carboxylic acids is 1. The van der Waals surface area contributed by atoms with Gasteiger partial charge < -0.3 is 15.3 Å². The minimum Gasteiger partial charge on any atom is -0.480 e. The molecule has 0 saturated carbocycles. The average molecular weight is 292 g/mol. The van der Waals surface area contributed by atoms with Gasteiger partial charge >= 0.3 is 5.97 Å². The van der Waals surface area contributed by atoms with E-state index in [1.807, 2.05) is 0 Å². The largest absolute Gasteiger partial charge is 0.480 e. The Morgan fingerprint density at radius 2 is 1.90 bits per heavy atom. The third kappa shape index (κ3) is 3.68. The molecule has 1 atom stereocenters. The first kappa shape index (κ1) is 15.2. The van der Waals surface area contributed by atoms with Crippen molar-refractivity contribution in [2.24, 2.45) is 5.92 Å². The van der Waals surface area contributed by atoms with E-state index < -0.39 is 17.9 Å². The van der Waals surface area contributed by atoms with Crippen LogP contribution in [-0.2, 0) is 4.79 Å². The van der Waals surface area contributed by atoms with Gasteiger partial charge in [0.25, 0.3) is 5.91 Å². The zero-order valence-electron chi connectivity index (χ0n) is 12.2. The summed E-state index contributed by atoms with van der Waals surface area (Å²) >= 11 is 0. The van der Waals surface area contributed by atoms with Crippen molar-refractivity contribution in [1.29, 1.82) is 0 Å². The van der Waals surface area contributed by atoms with Gasteiger partial charge in [-0.25, -0.2) is 4.79 Å². The number of hydrogen-bond donors (Lipinski definition) is 2. The van der Waals surface area contributed by atoms with Crippen LogP contribution >= 0.6 is 0 Å². The number of rotatable bonds is 5. The van der Waals surface area contributed by atoms with Crippen LogP contribution in [0.2, 0.25) is 0 Å². The molecule has 1 fully saturated rings. The number of anilines is 1. The lowest BCUT2D eigenvalue weighted by Crippen LogP contribution is -2.44. The highest BCUT2D eigenvalue weighted by molar-refractivity contribution is 5.94. The first-order valence-corrected chi connectivity index (χ1v) is 7.11. The summed E-state index contributed by atoms with van der Waals surface area (Å²) < 4.78 is 0. The summed E-state index contributed by atoms with van der Waals surface area (Å²) in [7, 11) is 0. The molecule has 0 radical (unpaired) electrons. The second-order valence-electron chi connectivity index (χ2n) is 5.50. The van der Waals surface area contributed by atoms with E-state index in [1.165, 1.54) is 0 Å². The second kappa shape index (κ2) is 6.51. The standard InChI is InChI=1S/C14H20N4O3/c1-9(2)12(14(20)21)15-13(19)10-5-6-11(17-16-10)18-7-3-4-8-18/h5-6,9,12H,3-4,7-8H2,1-2H3,(H,15,19)(H,20,21)/t12-/m1/s1. The van der Waals surface area contributed by atoms with E-state index in [1.54, 1.807) is 26.0 Å². The Labute approximate surface area is 123 Å². The fourth-order valence-electron chi connectivity index (χ4n) is 2.29. The number of carboxylic acid groups (broad SMARTS) is 1. The van der Waals surface area contributed by atoms with Crippen molar-refractivity contribution in [3.05, 3.63) is 17.8 Å². The van der Waals surface area contributed by atoms with Crippen molar-refractivity contribution in [2.75, 3.05) is 18.0 Å². The van der Waals surface area contributed by atoms with Gasteiger partial charge in [0, 0.05) is 13.1 Å². The lowest BCUT2D eigenvalue weighted by molar-refractivity contribution is -0.140. The molecule has 1 aliphatic heterocycles.